The lowest BCUT2D eigenvalue weighted by atomic mass is 9.85. The van der Waals surface area contributed by atoms with Crippen molar-refractivity contribution in [3.63, 3.8) is 0 Å². The number of amides is 1. The van der Waals surface area contributed by atoms with Crippen molar-refractivity contribution in [2.45, 2.75) is 70.1 Å². The fourth-order valence-corrected chi connectivity index (χ4v) is 4.35. The number of esters is 1. The average Bonchev–Trinajstić information content (AvgIpc) is 3.49. The lowest BCUT2D eigenvalue weighted by Crippen LogP contribution is -2.34. The number of nitrogens with one attached hydrogen (secondary N) is 1. The van der Waals surface area contributed by atoms with E-state index >= 15 is 0 Å². The number of hydrogen-bond donors (Lipinski definition) is 1. The van der Waals surface area contributed by atoms with Crippen LogP contribution in [0.15, 0.2) is 42.5 Å². The van der Waals surface area contributed by atoms with Gasteiger partial charge in [-0.1, -0.05) is 48.3 Å². The zero-order valence-corrected chi connectivity index (χ0v) is 21.4. The molecule has 2 aromatic carbocycles. The molecule has 1 N–H and O–H groups in total. The molecule has 1 amide bonds. The first-order chi connectivity index (χ1) is 16.1. The third-order valence-electron chi connectivity index (χ3n) is 6.12. The molecule has 1 saturated carbocycles. The number of carbonyl (C=O) groups excluding carboxylic acids is 2. The zero-order chi connectivity index (χ0) is 26.2. The van der Waals surface area contributed by atoms with E-state index in [1.807, 2.05) is 0 Å². The standard InChI is InChI=1S/C26H28Cl2F3NO3/c1-15(26(29,30)31)22(16-5-8-18(27)9-6-16)23(34)32-20-13-17(7-10-19(20)28)25(11-12-25)14-21(33)35-24(2,3)4/h5-10,13,15,22H,11-12,14H2,1-4H3,(H,32,34)/t15-,22+/m1/s1. The van der Waals surface area contributed by atoms with Crippen molar-refractivity contribution in [2.75, 3.05) is 5.32 Å². The van der Waals surface area contributed by atoms with Gasteiger partial charge in [0.1, 0.15) is 5.60 Å². The van der Waals surface area contributed by atoms with Gasteiger partial charge < -0.3 is 10.1 Å². The molecule has 2 aromatic rings. The molecule has 35 heavy (non-hydrogen) atoms. The number of anilines is 1. The highest BCUT2D eigenvalue weighted by Gasteiger charge is 2.47. The van der Waals surface area contributed by atoms with Crippen LogP contribution in [0.2, 0.25) is 10.0 Å². The second kappa shape index (κ2) is 10.0. The normalized spacial score (nSPS) is 16.8. The third kappa shape index (κ3) is 6.91. The highest BCUT2D eigenvalue weighted by molar-refractivity contribution is 6.33. The molecule has 0 bridgehead atoms. The van der Waals surface area contributed by atoms with Crippen molar-refractivity contribution < 1.29 is 27.5 Å². The Kier molecular flexibility index (Phi) is 7.82. The Hall–Kier alpha value is -2.25. The van der Waals surface area contributed by atoms with Crippen molar-refractivity contribution in [3.8, 4) is 0 Å². The highest BCUT2D eigenvalue weighted by atomic mass is 35.5. The van der Waals surface area contributed by atoms with Crippen LogP contribution in [0.3, 0.4) is 0 Å². The summed E-state index contributed by atoms with van der Waals surface area (Å²) < 4.78 is 46.4. The number of halogens is 5. The molecule has 9 heteroatoms. The maximum atomic E-state index is 13.6. The molecule has 1 aliphatic carbocycles. The minimum Gasteiger partial charge on any atom is -0.460 e. The van der Waals surface area contributed by atoms with Crippen LogP contribution in [-0.2, 0) is 19.7 Å². The van der Waals surface area contributed by atoms with Crippen LogP contribution in [0.4, 0.5) is 18.9 Å². The molecule has 0 spiro atoms. The first kappa shape index (κ1) is 27.3. The summed E-state index contributed by atoms with van der Waals surface area (Å²) in [6.45, 7) is 6.34. The van der Waals surface area contributed by atoms with Crippen LogP contribution in [0, 0.1) is 5.92 Å². The molecule has 0 heterocycles. The average molecular weight is 530 g/mol. The molecule has 0 unspecified atom stereocenters. The number of carbonyl (C=O) groups is 2. The quantitative estimate of drug-likeness (QED) is 0.374. The van der Waals surface area contributed by atoms with Crippen molar-refractivity contribution in [1.82, 2.24) is 0 Å². The minimum atomic E-state index is -4.60. The summed E-state index contributed by atoms with van der Waals surface area (Å²) in [5, 5.41) is 3.12. The molecule has 0 radical (unpaired) electrons. The fourth-order valence-electron chi connectivity index (χ4n) is 4.06. The van der Waals surface area contributed by atoms with E-state index in [0.717, 1.165) is 25.3 Å². The Balaban J connectivity index is 1.87. The molecular weight excluding hydrogens is 502 g/mol. The summed E-state index contributed by atoms with van der Waals surface area (Å²) in [4.78, 5) is 25.6. The van der Waals surface area contributed by atoms with Crippen LogP contribution in [-0.4, -0.2) is 23.7 Å². The van der Waals surface area contributed by atoms with Crippen LogP contribution >= 0.6 is 23.2 Å². The van der Waals surface area contributed by atoms with E-state index in [-0.39, 0.29) is 28.7 Å². The third-order valence-corrected chi connectivity index (χ3v) is 6.70. The number of ether oxygens (including phenoxy) is 1. The first-order valence-electron chi connectivity index (χ1n) is 11.3. The topological polar surface area (TPSA) is 55.4 Å². The molecule has 1 aliphatic rings. The van der Waals surface area contributed by atoms with Gasteiger partial charge in [0.25, 0.3) is 0 Å². The molecule has 2 atom stereocenters. The number of alkyl halides is 3. The van der Waals surface area contributed by atoms with E-state index in [9.17, 15) is 22.8 Å². The van der Waals surface area contributed by atoms with Crippen molar-refractivity contribution >= 4 is 40.8 Å². The second-order valence-corrected chi connectivity index (χ2v) is 10.9. The van der Waals surface area contributed by atoms with Crippen LogP contribution in [0.1, 0.15) is 64.0 Å². The molecule has 190 valence electrons. The Morgan fingerprint density at radius 1 is 1.06 bits per heavy atom. The summed E-state index contributed by atoms with van der Waals surface area (Å²) in [6.07, 6.45) is -2.93. The van der Waals surface area contributed by atoms with Gasteiger partial charge in [-0.2, -0.15) is 13.2 Å². The Morgan fingerprint density at radius 2 is 1.66 bits per heavy atom. The molecule has 3 rings (SSSR count). The summed E-state index contributed by atoms with van der Waals surface area (Å²) in [5.74, 6) is -4.64. The van der Waals surface area contributed by atoms with Gasteiger partial charge in [0.05, 0.1) is 29.0 Å². The molecule has 4 nitrogen and oxygen atoms in total. The van der Waals surface area contributed by atoms with Gasteiger partial charge in [-0.25, -0.2) is 0 Å². The fraction of sp³-hybridized carbons (Fsp3) is 0.462. The van der Waals surface area contributed by atoms with Crippen molar-refractivity contribution in [2.24, 2.45) is 5.92 Å². The Morgan fingerprint density at radius 3 is 2.17 bits per heavy atom. The van der Waals surface area contributed by atoms with Gasteiger partial charge in [-0.05, 0) is 69.0 Å². The maximum absolute atomic E-state index is 13.6. The van der Waals surface area contributed by atoms with Gasteiger partial charge in [0.2, 0.25) is 5.91 Å². The van der Waals surface area contributed by atoms with Gasteiger partial charge in [0, 0.05) is 10.4 Å². The van der Waals surface area contributed by atoms with Gasteiger partial charge in [-0.3, -0.25) is 9.59 Å². The molecule has 0 saturated heterocycles. The van der Waals surface area contributed by atoms with E-state index in [0.29, 0.717) is 5.02 Å². The SMILES string of the molecule is C[C@H]([C@H](C(=O)Nc1cc(C2(CC(=O)OC(C)(C)C)CC2)ccc1Cl)c1ccc(Cl)cc1)C(F)(F)F. The number of hydrogen-bond acceptors (Lipinski definition) is 3. The molecular formula is C26H28Cl2F3NO3. The van der Waals surface area contributed by atoms with E-state index in [2.05, 4.69) is 5.32 Å². The zero-order valence-electron chi connectivity index (χ0n) is 19.9. The summed E-state index contributed by atoms with van der Waals surface area (Å²) in [6, 6.07) is 10.7. The Bertz CT molecular complexity index is 1090. The van der Waals surface area contributed by atoms with E-state index < -0.39 is 34.9 Å². The van der Waals surface area contributed by atoms with Gasteiger partial charge >= 0.3 is 12.1 Å². The van der Waals surface area contributed by atoms with Crippen LogP contribution in [0.25, 0.3) is 0 Å². The maximum Gasteiger partial charge on any atom is 0.392 e. The summed E-state index contributed by atoms with van der Waals surface area (Å²) >= 11 is 12.2. The molecule has 0 aromatic heterocycles. The smallest absolute Gasteiger partial charge is 0.392 e. The van der Waals surface area contributed by atoms with E-state index in [1.54, 1.807) is 39.0 Å². The highest BCUT2D eigenvalue weighted by Crippen LogP contribution is 2.52. The van der Waals surface area contributed by atoms with Gasteiger partial charge in [-0.15, -0.1) is 0 Å². The monoisotopic (exact) mass is 529 g/mol. The van der Waals surface area contributed by atoms with Crippen LogP contribution < -0.4 is 5.32 Å². The van der Waals surface area contributed by atoms with Crippen molar-refractivity contribution in [3.05, 3.63) is 63.6 Å². The number of rotatable bonds is 7. The summed E-state index contributed by atoms with van der Waals surface area (Å²) in [5.41, 5.74) is 0.0971. The first-order valence-corrected chi connectivity index (χ1v) is 12.0. The molecule has 1 fully saturated rings. The van der Waals surface area contributed by atoms with E-state index in [4.69, 9.17) is 27.9 Å². The van der Waals surface area contributed by atoms with Crippen molar-refractivity contribution in [1.29, 1.82) is 0 Å². The number of benzene rings is 2. The predicted molar refractivity (Wildman–Crippen MR) is 131 cm³/mol. The Labute approximate surface area is 213 Å². The lowest BCUT2D eigenvalue weighted by molar-refractivity contribution is -0.178. The van der Waals surface area contributed by atoms with Gasteiger partial charge in [0.15, 0.2) is 0 Å². The predicted octanol–water partition coefficient (Wildman–Crippen LogP) is 7.68. The largest absolute Gasteiger partial charge is 0.460 e. The molecule has 0 aliphatic heterocycles. The van der Waals surface area contributed by atoms with E-state index in [1.165, 1.54) is 24.3 Å². The second-order valence-electron chi connectivity index (χ2n) is 10.1. The summed E-state index contributed by atoms with van der Waals surface area (Å²) in [7, 11) is 0. The van der Waals surface area contributed by atoms with Crippen LogP contribution in [0.5, 0.6) is 0 Å². The lowest BCUT2D eigenvalue weighted by Gasteiger charge is -2.26. The minimum absolute atomic E-state index is 0.164.